The van der Waals surface area contributed by atoms with Crippen LogP contribution in [0.5, 0.6) is 0 Å². The number of fused-ring (bicyclic) bond motifs is 1. The summed E-state index contributed by atoms with van der Waals surface area (Å²) in [5.74, 6) is 0.301. The second-order valence-electron chi connectivity index (χ2n) is 5.77. The number of hydrogen-bond donors (Lipinski definition) is 1. The van der Waals surface area contributed by atoms with Crippen molar-refractivity contribution in [2.24, 2.45) is 0 Å². The topological polar surface area (TPSA) is 108 Å². The maximum absolute atomic E-state index is 12.0. The van der Waals surface area contributed by atoms with Crippen LogP contribution in [0.15, 0.2) is 35.1 Å². The Hall–Kier alpha value is -3.07. The highest BCUT2D eigenvalue weighted by molar-refractivity contribution is 5.92. The van der Waals surface area contributed by atoms with Gasteiger partial charge in [0.05, 0.1) is 24.9 Å². The van der Waals surface area contributed by atoms with E-state index in [9.17, 15) is 4.79 Å². The Bertz CT molecular complexity index is 888. The zero-order valence-electron chi connectivity index (χ0n) is 13.5. The van der Waals surface area contributed by atoms with Crippen molar-refractivity contribution in [2.45, 2.75) is 26.2 Å². The van der Waals surface area contributed by atoms with Crippen LogP contribution < -0.4 is 5.32 Å². The molecule has 0 aromatic carbocycles. The largest absolute Gasteiger partial charge is 0.368 e. The number of aromatic nitrogens is 5. The number of carbonyl (C=O) groups is 1. The zero-order valence-corrected chi connectivity index (χ0v) is 13.5. The second-order valence-corrected chi connectivity index (χ2v) is 5.77. The minimum Gasteiger partial charge on any atom is -0.368 e. The quantitative estimate of drug-likeness (QED) is 0.753. The fourth-order valence-electron chi connectivity index (χ4n) is 2.69. The molecule has 0 fully saturated rings. The van der Waals surface area contributed by atoms with Gasteiger partial charge in [-0.05, 0) is 19.1 Å². The number of hydrogen-bond acceptors (Lipinski definition) is 7. The first-order valence-corrected chi connectivity index (χ1v) is 7.86. The smallest absolute Gasteiger partial charge is 0.273 e. The van der Waals surface area contributed by atoms with Crippen molar-refractivity contribution in [1.29, 1.82) is 0 Å². The van der Waals surface area contributed by atoms with E-state index in [4.69, 9.17) is 9.26 Å². The van der Waals surface area contributed by atoms with Crippen LogP contribution in [-0.4, -0.2) is 43.7 Å². The monoisotopic (exact) mass is 340 g/mol. The fraction of sp³-hybridized carbons (Fsp3) is 0.312. The lowest BCUT2D eigenvalue weighted by Crippen LogP contribution is -2.39. The Labute approximate surface area is 143 Å². The van der Waals surface area contributed by atoms with Crippen molar-refractivity contribution in [3.63, 3.8) is 0 Å². The highest BCUT2D eigenvalue weighted by Crippen LogP contribution is 2.24. The van der Waals surface area contributed by atoms with Gasteiger partial charge in [0.25, 0.3) is 5.91 Å². The predicted octanol–water partition coefficient (Wildman–Crippen LogP) is 0.965. The van der Waals surface area contributed by atoms with E-state index in [0.717, 1.165) is 17.0 Å². The van der Waals surface area contributed by atoms with Gasteiger partial charge in [-0.1, -0.05) is 10.4 Å². The number of nitrogens with one attached hydrogen (secondary N) is 1. The van der Waals surface area contributed by atoms with E-state index >= 15 is 0 Å². The Morgan fingerprint density at radius 1 is 1.48 bits per heavy atom. The first kappa shape index (κ1) is 15.5. The maximum atomic E-state index is 12.0. The van der Waals surface area contributed by atoms with Crippen molar-refractivity contribution in [3.8, 4) is 11.3 Å². The molecule has 1 aliphatic rings. The van der Waals surface area contributed by atoms with Gasteiger partial charge < -0.3 is 14.6 Å². The minimum absolute atomic E-state index is 0.187. The van der Waals surface area contributed by atoms with Gasteiger partial charge in [0.15, 0.2) is 5.69 Å². The minimum atomic E-state index is -0.291. The normalized spacial score (nSPS) is 16.4. The summed E-state index contributed by atoms with van der Waals surface area (Å²) in [4.78, 5) is 16.1. The number of carbonyl (C=O) groups excluding carboxylic acids is 1. The van der Waals surface area contributed by atoms with Gasteiger partial charge in [-0.25, -0.2) is 4.68 Å². The number of nitrogens with zero attached hydrogens (tertiary/aromatic N) is 5. The molecule has 1 amide bonds. The first-order chi connectivity index (χ1) is 12.2. The maximum Gasteiger partial charge on any atom is 0.273 e. The zero-order chi connectivity index (χ0) is 17.2. The van der Waals surface area contributed by atoms with Crippen molar-refractivity contribution >= 4 is 5.91 Å². The third-order valence-electron chi connectivity index (χ3n) is 3.96. The van der Waals surface area contributed by atoms with Gasteiger partial charge in [-0.2, -0.15) is 0 Å². The van der Waals surface area contributed by atoms with Gasteiger partial charge >= 0.3 is 0 Å². The van der Waals surface area contributed by atoms with E-state index in [1.54, 1.807) is 25.4 Å². The molecule has 4 rings (SSSR count). The number of ether oxygens (including phenoxy) is 1. The third kappa shape index (κ3) is 3.13. The molecule has 0 saturated heterocycles. The average Bonchev–Trinajstić information content (AvgIpc) is 3.26. The summed E-state index contributed by atoms with van der Waals surface area (Å²) in [5, 5.41) is 14.9. The molecule has 4 heterocycles. The molecule has 1 atom stereocenters. The van der Waals surface area contributed by atoms with Gasteiger partial charge in [0.2, 0.25) is 0 Å². The van der Waals surface area contributed by atoms with Crippen molar-refractivity contribution < 1.29 is 14.1 Å². The molecule has 1 N–H and O–H groups in total. The molecule has 1 aliphatic heterocycles. The lowest BCUT2D eigenvalue weighted by atomic mass is 10.1. The molecule has 3 aromatic heterocycles. The molecular formula is C16H16N6O3. The molecule has 0 bridgehead atoms. The molecule has 1 unspecified atom stereocenters. The van der Waals surface area contributed by atoms with Gasteiger partial charge in [-0.15, -0.1) is 5.10 Å². The van der Waals surface area contributed by atoms with E-state index in [1.807, 2.05) is 16.8 Å². The number of amides is 1. The van der Waals surface area contributed by atoms with Crippen LogP contribution in [0.4, 0.5) is 0 Å². The van der Waals surface area contributed by atoms with Crippen LogP contribution in [0.1, 0.15) is 21.9 Å². The molecule has 3 aromatic rings. The van der Waals surface area contributed by atoms with Crippen molar-refractivity contribution in [1.82, 2.24) is 30.5 Å². The lowest BCUT2D eigenvalue weighted by molar-refractivity contribution is 0.00172. The van der Waals surface area contributed by atoms with E-state index in [0.29, 0.717) is 25.5 Å². The molecule has 0 spiro atoms. The molecule has 25 heavy (non-hydrogen) atoms. The van der Waals surface area contributed by atoms with E-state index < -0.39 is 0 Å². The Morgan fingerprint density at radius 2 is 2.40 bits per heavy atom. The highest BCUT2D eigenvalue weighted by atomic mass is 16.5. The summed E-state index contributed by atoms with van der Waals surface area (Å²) >= 11 is 0. The summed E-state index contributed by atoms with van der Waals surface area (Å²) in [5.41, 5.74) is 2.84. The van der Waals surface area contributed by atoms with Crippen molar-refractivity contribution in [2.75, 3.05) is 6.54 Å². The Balaban J connectivity index is 1.40. The lowest BCUT2D eigenvalue weighted by Gasteiger charge is -2.24. The van der Waals surface area contributed by atoms with Crippen LogP contribution in [0.2, 0.25) is 0 Å². The van der Waals surface area contributed by atoms with Crippen molar-refractivity contribution in [3.05, 3.63) is 47.7 Å². The molecule has 0 aliphatic carbocycles. The highest BCUT2D eigenvalue weighted by Gasteiger charge is 2.25. The van der Waals surface area contributed by atoms with Crippen LogP contribution in [-0.2, 0) is 17.9 Å². The SMILES string of the molecule is Cc1cc(C(=O)NCC2Cn3nnc(-c4cccnc4)c3CO2)no1. The number of rotatable bonds is 4. The van der Waals surface area contributed by atoms with Crippen LogP contribution in [0.3, 0.4) is 0 Å². The first-order valence-electron chi connectivity index (χ1n) is 7.86. The standard InChI is InChI=1S/C16H16N6O3/c1-10-5-13(20-25-10)16(23)18-7-12-8-22-14(9-24-12)15(19-21-22)11-3-2-4-17-6-11/h2-6,12H,7-9H2,1H3,(H,18,23). The molecule has 0 saturated carbocycles. The summed E-state index contributed by atoms with van der Waals surface area (Å²) in [6.07, 6.45) is 3.27. The summed E-state index contributed by atoms with van der Waals surface area (Å²) in [6, 6.07) is 5.38. The van der Waals surface area contributed by atoms with E-state index in [-0.39, 0.29) is 17.7 Å². The molecule has 9 heteroatoms. The van der Waals surface area contributed by atoms with Gasteiger partial charge in [-0.3, -0.25) is 9.78 Å². The van der Waals surface area contributed by atoms with Gasteiger partial charge in [0.1, 0.15) is 11.5 Å². The summed E-state index contributed by atoms with van der Waals surface area (Å²) in [7, 11) is 0. The Kier molecular flexibility index (Phi) is 3.98. The van der Waals surface area contributed by atoms with Crippen LogP contribution >= 0.6 is 0 Å². The molecule has 128 valence electrons. The van der Waals surface area contributed by atoms with E-state index in [2.05, 4.69) is 25.8 Å². The number of pyridine rings is 1. The predicted molar refractivity (Wildman–Crippen MR) is 85.4 cm³/mol. The van der Waals surface area contributed by atoms with Gasteiger partial charge in [0, 0.05) is 30.6 Å². The summed E-state index contributed by atoms with van der Waals surface area (Å²) < 4.78 is 12.5. The van der Waals surface area contributed by atoms with E-state index in [1.165, 1.54) is 0 Å². The third-order valence-corrected chi connectivity index (χ3v) is 3.96. The second kappa shape index (κ2) is 6.44. The van der Waals surface area contributed by atoms with Crippen LogP contribution in [0, 0.1) is 6.92 Å². The fourth-order valence-corrected chi connectivity index (χ4v) is 2.69. The molecule has 9 nitrogen and oxygen atoms in total. The molecular weight excluding hydrogens is 324 g/mol. The number of aryl methyl sites for hydroxylation is 1. The average molecular weight is 340 g/mol. The molecule has 0 radical (unpaired) electrons. The Morgan fingerprint density at radius 3 is 3.16 bits per heavy atom. The summed E-state index contributed by atoms with van der Waals surface area (Å²) in [6.45, 7) is 2.98. The van der Waals surface area contributed by atoms with Crippen LogP contribution in [0.25, 0.3) is 11.3 Å².